The van der Waals surface area contributed by atoms with Crippen molar-refractivity contribution < 1.29 is 9.53 Å². The number of hydrogen-bond donors (Lipinski definition) is 2. The molecule has 17 heavy (non-hydrogen) atoms. The second-order valence-corrected chi connectivity index (χ2v) is 4.16. The lowest BCUT2D eigenvalue weighted by Gasteiger charge is -2.13. The summed E-state index contributed by atoms with van der Waals surface area (Å²) < 4.78 is 5.06. The minimum atomic E-state index is -0.247. The molecule has 0 saturated heterocycles. The third-order valence-electron chi connectivity index (χ3n) is 3.00. The first-order valence-electron chi connectivity index (χ1n) is 5.58. The number of nitrogens with two attached hydrogens (primary N) is 1. The zero-order valence-corrected chi connectivity index (χ0v) is 9.90. The monoisotopic (exact) mass is 235 g/mol. The molecule has 0 unspecified atom stereocenters. The van der Waals surface area contributed by atoms with Gasteiger partial charge in [-0.3, -0.25) is 15.1 Å². The Balaban J connectivity index is 2.08. The van der Waals surface area contributed by atoms with E-state index in [1.807, 2.05) is 12.1 Å². The van der Waals surface area contributed by atoms with Crippen molar-refractivity contribution in [1.29, 1.82) is 0 Å². The average molecular weight is 235 g/mol. The van der Waals surface area contributed by atoms with Crippen molar-refractivity contribution in [1.82, 2.24) is 10.3 Å². The largest absolute Gasteiger partial charge is 0.383 e. The topological polar surface area (TPSA) is 67.6 Å². The van der Waals surface area contributed by atoms with Crippen LogP contribution in [-0.4, -0.2) is 31.1 Å². The van der Waals surface area contributed by atoms with Crippen LogP contribution < -0.4 is 11.3 Å². The van der Waals surface area contributed by atoms with Crippen LogP contribution in [0.5, 0.6) is 0 Å². The van der Waals surface area contributed by atoms with Crippen molar-refractivity contribution in [3.63, 3.8) is 0 Å². The summed E-state index contributed by atoms with van der Waals surface area (Å²) in [6.45, 7) is 3.42. The highest BCUT2D eigenvalue weighted by Gasteiger charge is 2.19. The third kappa shape index (κ3) is 2.63. The summed E-state index contributed by atoms with van der Waals surface area (Å²) in [6.07, 6.45) is 0. The lowest BCUT2D eigenvalue weighted by Crippen LogP contribution is -2.30. The fourth-order valence-corrected chi connectivity index (χ4v) is 2.07. The number of nitrogens with zero attached hydrogens (tertiary/aromatic N) is 1. The molecule has 3 N–H and O–H groups in total. The van der Waals surface area contributed by atoms with E-state index in [2.05, 4.69) is 10.3 Å². The highest BCUT2D eigenvalue weighted by atomic mass is 16.5. The molecular formula is C12H17N3O2. The predicted octanol–water partition coefficient (Wildman–Crippen LogP) is 0.252. The number of rotatable bonds is 4. The maximum absolute atomic E-state index is 11.4. The summed E-state index contributed by atoms with van der Waals surface area (Å²) >= 11 is 0. The number of benzene rings is 1. The van der Waals surface area contributed by atoms with E-state index in [1.54, 1.807) is 13.2 Å². The summed E-state index contributed by atoms with van der Waals surface area (Å²) in [5.74, 6) is 4.87. The molecule has 5 nitrogen and oxygen atoms in total. The Morgan fingerprint density at radius 3 is 2.94 bits per heavy atom. The molecule has 0 bridgehead atoms. The number of hydrogen-bond acceptors (Lipinski definition) is 4. The minimum absolute atomic E-state index is 0.247. The van der Waals surface area contributed by atoms with Crippen molar-refractivity contribution in [2.45, 2.75) is 13.1 Å². The molecule has 0 radical (unpaired) electrons. The van der Waals surface area contributed by atoms with E-state index in [4.69, 9.17) is 10.6 Å². The van der Waals surface area contributed by atoms with E-state index in [0.29, 0.717) is 5.56 Å². The molecule has 1 heterocycles. The summed E-state index contributed by atoms with van der Waals surface area (Å²) in [6, 6.07) is 5.71. The lowest BCUT2D eigenvalue weighted by atomic mass is 10.1. The van der Waals surface area contributed by atoms with Gasteiger partial charge in [0.1, 0.15) is 0 Å². The molecule has 92 valence electrons. The van der Waals surface area contributed by atoms with Gasteiger partial charge >= 0.3 is 0 Å². The van der Waals surface area contributed by atoms with Gasteiger partial charge in [-0.25, -0.2) is 5.84 Å². The van der Waals surface area contributed by atoms with Gasteiger partial charge in [0.25, 0.3) is 5.91 Å². The second kappa shape index (κ2) is 5.27. The first-order valence-corrected chi connectivity index (χ1v) is 5.58. The van der Waals surface area contributed by atoms with Crippen LogP contribution in [0, 0.1) is 0 Å². The van der Waals surface area contributed by atoms with E-state index in [-0.39, 0.29) is 5.91 Å². The van der Waals surface area contributed by atoms with Gasteiger partial charge in [-0.1, -0.05) is 6.07 Å². The van der Waals surface area contributed by atoms with Crippen LogP contribution in [0.3, 0.4) is 0 Å². The Labute approximate surface area is 101 Å². The highest BCUT2D eigenvalue weighted by Crippen LogP contribution is 2.23. The third-order valence-corrected chi connectivity index (χ3v) is 3.00. The lowest BCUT2D eigenvalue weighted by molar-refractivity contribution is 0.0953. The van der Waals surface area contributed by atoms with E-state index in [9.17, 15) is 4.79 Å². The molecule has 1 aromatic rings. The van der Waals surface area contributed by atoms with Gasteiger partial charge < -0.3 is 4.74 Å². The number of methoxy groups -OCH3 is 1. The van der Waals surface area contributed by atoms with Crippen molar-refractivity contribution >= 4 is 5.91 Å². The van der Waals surface area contributed by atoms with Gasteiger partial charge in [-0.2, -0.15) is 0 Å². The van der Waals surface area contributed by atoms with Crippen molar-refractivity contribution in [2.24, 2.45) is 5.84 Å². The molecule has 1 aliphatic rings. The zero-order chi connectivity index (χ0) is 12.3. The van der Waals surface area contributed by atoms with E-state index in [1.165, 1.54) is 11.1 Å². The fourth-order valence-electron chi connectivity index (χ4n) is 2.07. The number of nitrogens with one attached hydrogen (secondary N) is 1. The van der Waals surface area contributed by atoms with Gasteiger partial charge in [-0.15, -0.1) is 0 Å². The smallest absolute Gasteiger partial charge is 0.265 e. The Morgan fingerprint density at radius 1 is 1.47 bits per heavy atom. The first-order chi connectivity index (χ1) is 8.24. The Hall–Kier alpha value is -1.43. The van der Waals surface area contributed by atoms with Gasteiger partial charge in [0.2, 0.25) is 0 Å². The molecule has 0 fully saturated rings. The minimum Gasteiger partial charge on any atom is -0.383 e. The highest BCUT2D eigenvalue weighted by molar-refractivity contribution is 5.94. The second-order valence-electron chi connectivity index (χ2n) is 4.16. The molecule has 0 aliphatic carbocycles. The SMILES string of the molecule is COCCN1Cc2ccc(C(=O)NN)cc2C1. The fraction of sp³-hybridized carbons (Fsp3) is 0.417. The van der Waals surface area contributed by atoms with Gasteiger partial charge in [0.05, 0.1) is 6.61 Å². The molecule has 1 amide bonds. The van der Waals surface area contributed by atoms with E-state index < -0.39 is 0 Å². The van der Waals surface area contributed by atoms with Gasteiger partial charge in [0.15, 0.2) is 0 Å². The van der Waals surface area contributed by atoms with Gasteiger partial charge in [0, 0.05) is 32.3 Å². The number of fused-ring (bicyclic) bond motifs is 1. The number of hydrazine groups is 1. The Morgan fingerprint density at radius 2 is 2.24 bits per heavy atom. The van der Waals surface area contributed by atoms with Crippen LogP contribution in [-0.2, 0) is 17.8 Å². The molecule has 0 spiro atoms. The van der Waals surface area contributed by atoms with Crippen LogP contribution in [0.4, 0.5) is 0 Å². The summed E-state index contributed by atoms with van der Waals surface area (Å²) in [5, 5.41) is 0. The van der Waals surface area contributed by atoms with Crippen LogP contribution in [0.2, 0.25) is 0 Å². The molecule has 0 aromatic heterocycles. The Bertz CT molecular complexity index is 420. The molecule has 2 rings (SSSR count). The normalized spacial score (nSPS) is 14.7. The summed E-state index contributed by atoms with van der Waals surface area (Å²) in [5.41, 5.74) is 5.23. The van der Waals surface area contributed by atoms with Crippen LogP contribution in [0.25, 0.3) is 0 Å². The summed E-state index contributed by atoms with van der Waals surface area (Å²) in [7, 11) is 1.70. The number of carbonyl (C=O) groups excluding carboxylic acids is 1. The average Bonchev–Trinajstić information content (AvgIpc) is 2.76. The van der Waals surface area contributed by atoms with E-state index >= 15 is 0 Å². The standard InChI is InChI=1S/C12H17N3O2/c1-17-5-4-15-7-10-3-2-9(12(16)14-13)6-11(10)8-15/h2-3,6H,4-5,7-8,13H2,1H3,(H,14,16). The van der Waals surface area contributed by atoms with Gasteiger partial charge in [-0.05, 0) is 23.3 Å². The number of nitrogen functional groups attached to an aromatic ring is 1. The number of amides is 1. The quantitative estimate of drug-likeness (QED) is 0.446. The predicted molar refractivity (Wildman–Crippen MR) is 64.1 cm³/mol. The molecule has 0 saturated carbocycles. The van der Waals surface area contributed by atoms with Crippen molar-refractivity contribution in [3.8, 4) is 0 Å². The first kappa shape index (κ1) is 12.0. The van der Waals surface area contributed by atoms with Crippen LogP contribution in [0.15, 0.2) is 18.2 Å². The van der Waals surface area contributed by atoms with Crippen molar-refractivity contribution in [2.75, 3.05) is 20.3 Å². The molecule has 0 atom stereocenters. The zero-order valence-electron chi connectivity index (χ0n) is 9.90. The van der Waals surface area contributed by atoms with Crippen molar-refractivity contribution in [3.05, 3.63) is 34.9 Å². The van der Waals surface area contributed by atoms with Crippen LogP contribution in [0.1, 0.15) is 21.5 Å². The molecule has 1 aliphatic heterocycles. The number of ether oxygens (including phenoxy) is 1. The molecule has 5 heteroatoms. The number of carbonyl (C=O) groups is 1. The Kier molecular flexibility index (Phi) is 3.73. The molecule has 1 aromatic carbocycles. The molecular weight excluding hydrogens is 218 g/mol. The summed E-state index contributed by atoms with van der Waals surface area (Å²) in [4.78, 5) is 13.7. The van der Waals surface area contributed by atoms with E-state index in [0.717, 1.165) is 26.2 Å². The maximum atomic E-state index is 11.4. The van der Waals surface area contributed by atoms with Crippen LogP contribution >= 0.6 is 0 Å². The maximum Gasteiger partial charge on any atom is 0.265 e.